The average Bonchev–Trinajstić information content (AvgIpc) is 2.51. The van der Waals surface area contributed by atoms with Crippen LogP contribution in [0.5, 0.6) is 0 Å². The van der Waals surface area contributed by atoms with Crippen LogP contribution >= 0.6 is 0 Å². The van der Waals surface area contributed by atoms with Crippen molar-refractivity contribution in [2.45, 2.75) is 12.3 Å². The van der Waals surface area contributed by atoms with Crippen molar-refractivity contribution in [1.82, 2.24) is 4.90 Å². The molecular weight excluding hydrogens is 233 g/mol. The molecule has 3 nitrogen and oxygen atoms in total. The van der Waals surface area contributed by atoms with E-state index >= 15 is 0 Å². The largest absolute Gasteiger partial charge is 0.469 e. The molecule has 0 saturated carbocycles. The molecule has 4 heteroatoms. The van der Waals surface area contributed by atoms with Crippen molar-refractivity contribution in [2.75, 3.05) is 27.2 Å². The van der Waals surface area contributed by atoms with Crippen molar-refractivity contribution in [2.24, 2.45) is 5.92 Å². The second kappa shape index (κ2) is 5.48. The van der Waals surface area contributed by atoms with E-state index in [9.17, 15) is 9.18 Å². The first-order valence-corrected chi connectivity index (χ1v) is 5.81. The summed E-state index contributed by atoms with van der Waals surface area (Å²) < 4.78 is 49.6. The van der Waals surface area contributed by atoms with Crippen molar-refractivity contribution < 1.29 is 19.4 Å². The number of likely N-dealkylation sites (tertiary alicyclic amines) is 1. The van der Waals surface area contributed by atoms with E-state index in [1.165, 1.54) is 7.11 Å². The van der Waals surface area contributed by atoms with E-state index in [1.807, 2.05) is 11.9 Å². The molecular formula is C14H18FNO2. The summed E-state index contributed by atoms with van der Waals surface area (Å²) in [6, 6.07) is -2.22. The van der Waals surface area contributed by atoms with Gasteiger partial charge in [0.15, 0.2) is 0 Å². The third kappa shape index (κ3) is 2.70. The summed E-state index contributed by atoms with van der Waals surface area (Å²) in [4.78, 5) is 14.0. The number of carbonyl (C=O) groups is 1. The Morgan fingerprint density at radius 2 is 2.17 bits per heavy atom. The number of hydrogen-bond acceptors (Lipinski definition) is 3. The van der Waals surface area contributed by atoms with Crippen LogP contribution in [0, 0.1) is 11.7 Å². The van der Waals surface area contributed by atoms with Gasteiger partial charge >= 0.3 is 5.97 Å². The SMILES string of the molecule is [2H]c1c([2H])c(C2CCN(C)C[C@H]2C(=O)OC)c([2H])c([2H])c1F. The van der Waals surface area contributed by atoms with E-state index in [2.05, 4.69) is 0 Å². The molecule has 1 aliphatic heterocycles. The van der Waals surface area contributed by atoms with Crippen LogP contribution in [0.3, 0.4) is 0 Å². The van der Waals surface area contributed by atoms with Gasteiger partial charge in [0.05, 0.1) is 18.5 Å². The molecule has 2 rings (SSSR count). The fourth-order valence-corrected chi connectivity index (χ4v) is 2.34. The summed E-state index contributed by atoms with van der Waals surface area (Å²) in [5, 5.41) is 0. The van der Waals surface area contributed by atoms with Crippen molar-refractivity contribution in [3.8, 4) is 0 Å². The fourth-order valence-electron chi connectivity index (χ4n) is 2.34. The molecule has 0 aliphatic carbocycles. The van der Waals surface area contributed by atoms with E-state index in [4.69, 9.17) is 10.2 Å². The van der Waals surface area contributed by atoms with Gasteiger partial charge in [-0.2, -0.15) is 0 Å². The van der Waals surface area contributed by atoms with E-state index in [1.54, 1.807) is 0 Å². The molecule has 0 radical (unpaired) electrons. The zero-order chi connectivity index (χ0) is 16.6. The predicted octanol–water partition coefficient (Wildman–Crippen LogP) is 2.03. The molecule has 0 bridgehead atoms. The van der Waals surface area contributed by atoms with Gasteiger partial charge in [0, 0.05) is 6.54 Å². The second-order valence-corrected chi connectivity index (χ2v) is 4.51. The van der Waals surface area contributed by atoms with Crippen LogP contribution in [0.4, 0.5) is 4.39 Å². The van der Waals surface area contributed by atoms with Crippen LogP contribution in [-0.4, -0.2) is 38.1 Å². The monoisotopic (exact) mass is 255 g/mol. The Morgan fingerprint density at radius 3 is 2.78 bits per heavy atom. The van der Waals surface area contributed by atoms with Crippen LogP contribution < -0.4 is 0 Å². The fraction of sp³-hybridized carbons (Fsp3) is 0.500. The normalized spacial score (nSPS) is 27.9. The minimum Gasteiger partial charge on any atom is -0.469 e. The van der Waals surface area contributed by atoms with Crippen LogP contribution in [0.15, 0.2) is 24.2 Å². The summed E-state index contributed by atoms with van der Waals surface area (Å²) in [7, 11) is 3.12. The maximum Gasteiger partial charge on any atom is 0.310 e. The number of nitrogens with zero attached hydrogens (tertiary/aromatic N) is 1. The van der Waals surface area contributed by atoms with Gasteiger partial charge in [-0.3, -0.25) is 4.79 Å². The first kappa shape index (κ1) is 8.64. The number of hydrogen-bond donors (Lipinski definition) is 0. The molecule has 1 unspecified atom stereocenters. The summed E-state index contributed by atoms with van der Waals surface area (Å²) in [5.74, 6) is -2.74. The van der Waals surface area contributed by atoms with Gasteiger partial charge in [-0.15, -0.1) is 0 Å². The predicted molar refractivity (Wildman–Crippen MR) is 66.8 cm³/mol. The van der Waals surface area contributed by atoms with Crippen LogP contribution in [0.25, 0.3) is 0 Å². The minimum absolute atomic E-state index is 0.0971. The molecule has 0 amide bonds. The third-order valence-corrected chi connectivity index (χ3v) is 3.30. The van der Waals surface area contributed by atoms with Crippen molar-refractivity contribution >= 4 is 5.97 Å². The van der Waals surface area contributed by atoms with Crippen molar-refractivity contribution in [1.29, 1.82) is 0 Å². The molecule has 1 aromatic rings. The number of methoxy groups -OCH3 is 1. The first-order valence-electron chi connectivity index (χ1n) is 7.81. The Labute approximate surface area is 112 Å². The number of rotatable bonds is 2. The highest BCUT2D eigenvalue weighted by atomic mass is 19.1. The number of piperidine rings is 1. The lowest BCUT2D eigenvalue weighted by Crippen LogP contribution is -2.41. The Balaban J connectivity index is 2.56. The molecule has 18 heavy (non-hydrogen) atoms. The highest BCUT2D eigenvalue weighted by Gasteiger charge is 2.34. The maximum atomic E-state index is 13.7. The zero-order valence-electron chi connectivity index (χ0n) is 14.4. The molecule has 1 saturated heterocycles. The summed E-state index contributed by atoms with van der Waals surface area (Å²) in [6.07, 6.45) is 0.485. The Hall–Kier alpha value is -1.42. The lowest BCUT2D eigenvalue weighted by atomic mass is 9.80. The molecule has 0 N–H and O–H groups in total. The van der Waals surface area contributed by atoms with Gasteiger partial charge in [-0.25, -0.2) is 4.39 Å². The number of ether oxygens (including phenoxy) is 1. The summed E-state index contributed by atoms with van der Waals surface area (Å²) in [5.41, 5.74) is 0.0971. The Morgan fingerprint density at radius 1 is 1.50 bits per heavy atom. The van der Waals surface area contributed by atoms with Gasteiger partial charge in [0.25, 0.3) is 0 Å². The molecule has 0 spiro atoms. The lowest BCUT2D eigenvalue weighted by molar-refractivity contribution is -0.148. The summed E-state index contributed by atoms with van der Waals surface area (Å²) >= 11 is 0. The highest BCUT2D eigenvalue weighted by Crippen LogP contribution is 2.33. The number of halogens is 1. The molecule has 1 aliphatic rings. The number of carbonyl (C=O) groups excluding carboxylic acids is 1. The lowest BCUT2D eigenvalue weighted by Gasteiger charge is -2.35. The minimum atomic E-state index is -1.17. The maximum absolute atomic E-state index is 13.7. The standard InChI is InChI=1S/C14H18FNO2/c1-16-8-7-12(13(9-16)14(17)18-2)10-3-5-11(15)6-4-10/h3-6,12-13H,7-9H2,1-2H3/t12?,13-/m1/s1/i3D,4D,5D,6D. The topological polar surface area (TPSA) is 29.5 Å². The van der Waals surface area contributed by atoms with E-state index in [0.29, 0.717) is 19.5 Å². The number of benzene rings is 1. The van der Waals surface area contributed by atoms with Crippen LogP contribution in [-0.2, 0) is 9.53 Å². The van der Waals surface area contributed by atoms with Gasteiger partial charge in [0.2, 0.25) is 0 Å². The van der Waals surface area contributed by atoms with E-state index in [-0.39, 0.29) is 5.56 Å². The van der Waals surface area contributed by atoms with E-state index < -0.39 is 47.8 Å². The smallest absolute Gasteiger partial charge is 0.310 e. The Kier molecular flexibility index (Phi) is 2.63. The highest BCUT2D eigenvalue weighted by molar-refractivity contribution is 5.74. The van der Waals surface area contributed by atoms with Crippen molar-refractivity contribution in [3.05, 3.63) is 35.6 Å². The molecule has 0 aromatic heterocycles. The second-order valence-electron chi connectivity index (χ2n) is 4.51. The molecule has 1 fully saturated rings. The van der Waals surface area contributed by atoms with Crippen LogP contribution in [0.2, 0.25) is 0 Å². The van der Waals surface area contributed by atoms with Crippen molar-refractivity contribution in [3.63, 3.8) is 0 Å². The molecule has 98 valence electrons. The van der Waals surface area contributed by atoms with Gasteiger partial charge in [-0.1, -0.05) is 12.1 Å². The third-order valence-electron chi connectivity index (χ3n) is 3.30. The zero-order valence-corrected chi connectivity index (χ0v) is 10.4. The van der Waals surface area contributed by atoms with Gasteiger partial charge in [-0.05, 0) is 43.6 Å². The molecule has 1 heterocycles. The quantitative estimate of drug-likeness (QED) is 0.757. The number of esters is 1. The average molecular weight is 255 g/mol. The molecule has 1 aromatic carbocycles. The summed E-state index contributed by atoms with van der Waals surface area (Å²) in [6.45, 7) is 1.04. The first-order chi connectivity index (χ1) is 10.3. The van der Waals surface area contributed by atoms with Gasteiger partial charge < -0.3 is 9.64 Å². The molecule has 2 atom stereocenters. The van der Waals surface area contributed by atoms with Crippen LogP contribution in [0.1, 0.15) is 23.4 Å². The van der Waals surface area contributed by atoms with Gasteiger partial charge in [0.1, 0.15) is 5.82 Å². The van der Waals surface area contributed by atoms with E-state index in [0.717, 1.165) is 0 Å². The Bertz CT molecular complexity index is 582.